The summed E-state index contributed by atoms with van der Waals surface area (Å²) in [5.41, 5.74) is 0.710. The normalized spacial score (nSPS) is 11.8. The van der Waals surface area contributed by atoms with Gasteiger partial charge in [0.15, 0.2) is 0 Å². The van der Waals surface area contributed by atoms with Gasteiger partial charge in [0.1, 0.15) is 5.82 Å². The zero-order valence-electron chi connectivity index (χ0n) is 11.0. The molecule has 110 valence electrons. The SMILES string of the molecule is O=C(NC[C@@H](O)c1ccccc1F)Nc1ccc(Cl)cc1. The highest BCUT2D eigenvalue weighted by Crippen LogP contribution is 2.16. The Morgan fingerprint density at radius 3 is 2.52 bits per heavy atom. The number of nitrogens with one attached hydrogen (secondary N) is 2. The average molecular weight is 309 g/mol. The van der Waals surface area contributed by atoms with Gasteiger partial charge >= 0.3 is 6.03 Å². The van der Waals surface area contributed by atoms with Crippen LogP contribution in [-0.2, 0) is 0 Å². The Kier molecular flexibility index (Phi) is 5.14. The maximum absolute atomic E-state index is 13.4. The van der Waals surface area contributed by atoms with Crippen LogP contribution in [-0.4, -0.2) is 17.7 Å². The van der Waals surface area contributed by atoms with Gasteiger partial charge in [-0.1, -0.05) is 29.8 Å². The lowest BCUT2D eigenvalue weighted by Gasteiger charge is -2.13. The molecule has 0 saturated heterocycles. The number of rotatable bonds is 4. The smallest absolute Gasteiger partial charge is 0.319 e. The van der Waals surface area contributed by atoms with Gasteiger partial charge in [0.2, 0.25) is 0 Å². The predicted octanol–water partition coefficient (Wildman–Crippen LogP) is 3.33. The van der Waals surface area contributed by atoms with Crippen molar-refractivity contribution in [2.75, 3.05) is 11.9 Å². The molecule has 0 bridgehead atoms. The number of amides is 2. The van der Waals surface area contributed by atoms with Crippen LogP contribution in [0.1, 0.15) is 11.7 Å². The first-order chi connectivity index (χ1) is 10.1. The standard InChI is InChI=1S/C15H14ClFN2O2/c16-10-5-7-11(8-6-10)19-15(21)18-9-14(20)12-3-1-2-4-13(12)17/h1-8,14,20H,9H2,(H2,18,19,21)/t14-/m1/s1. The van der Waals surface area contributed by atoms with Crippen LogP contribution in [0.3, 0.4) is 0 Å². The van der Waals surface area contributed by atoms with Crippen molar-refractivity contribution in [3.8, 4) is 0 Å². The summed E-state index contributed by atoms with van der Waals surface area (Å²) in [7, 11) is 0. The van der Waals surface area contributed by atoms with Crippen molar-refractivity contribution in [3.63, 3.8) is 0 Å². The maximum atomic E-state index is 13.4. The maximum Gasteiger partial charge on any atom is 0.319 e. The Morgan fingerprint density at radius 1 is 1.19 bits per heavy atom. The third-order valence-electron chi connectivity index (χ3n) is 2.82. The third kappa shape index (κ3) is 4.44. The van der Waals surface area contributed by atoms with E-state index in [0.29, 0.717) is 10.7 Å². The van der Waals surface area contributed by atoms with E-state index in [1.54, 1.807) is 30.3 Å². The average Bonchev–Trinajstić information content (AvgIpc) is 2.48. The lowest BCUT2D eigenvalue weighted by molar-refractivity contribution is 0.170. The highest BCUT2D eigenvalue weighted by Gasteiger charge is 2.13. The molecule has 2 aromatic rings. The summed E-state index contributed by atoms with van der Waals surface area (Å²) in [5.74, 6) is -0.509. The Bertz CT molecular complexity index is 619. The van der Waals surface area contributed by atoms with Crippen LogP contribution >= 0.6 is 11.6 Å². The molecule has 0 saturated carbocycles. The number of halogens is 2. The van der Waals surface area contributed by atoms with E-state index in [9.17, 15) is 14.3 Å². The molecule has 0 aromatic heterocycles. The Morgan fingerprint density at radius 2 is 1.86 bits per heavy atom. The first-order valence-electron chi connectivity index (χ1n) is 6.29. The van der Waals surface area contributed by atoms with E-state index < -0.39 is 18.0 Å². The molecule has 2 rings (SSSR count). The van der Waals surface area contributed by atoms with E-state index in [0.717, 1.165) is 0 Å². The van der Waals surface area contributed by atoms with Gasteiger partial charge in [0.05, 0.1) is 6.10 Å². The van der Waals surface area contributed by atoms with Crippen molar-refractivity contribution in [1.29, 1.82) is 0 Å². The van der Waals surface area contributed by atoms with E-state index in [4.69, 9.17) is 11.6 Å². The molecule has 0 fully saturated rings. The number of benzene rings is 2. The van der Waals surface area contributed by atoms with Crippen LogP contribution in [0.5, 0.6) is 0 Å². The number of anilines is 1. The molecule has 0 aliphatic heterocycles. The van der Waals surface area contributed by atoms with Crippen molar-refractivity contribution < 1.29 is 14.3 Å². The van der Waals surface area contributed by atoms with Gasteiger partial charge in [-0.3, -0.25) is 0 Å². The minimum atomic E-state index is -1.11. The second kappa shape index (κ2) is 7.06. The van der Waals surface area contributed by atoms with Gasteiger partial charge in [0, 0.05) is 22.8 Å². The van der Waals surface area contributed by atoms with Gasteiger partial charge < -0.3 is 15.7 Å². The molecule has 0 unspecified atom stereocenters. The Hall–Kier alpha value is -2.11. The van der Waals surface area contributed by atoms with E-state index in [1.807, 2.05) is 0 Å². The number of carbonyl (C=O) groups excluding carboxylic acids is 1. The molecular weight excluding hydrogens is 295 g/mol. The lowest BCUT2D eigenvalue weighted by atomic mass is 10.1. The molecule has 2 amide bonds. The fraction of sp³-hybridized carbons (Fsp3) is 0.133. The highest BCUT2D eigenvalue weighted by atomic mass is 35.5. The summed E-state index contributed by atoms with van der Waals surface area (Å²) in [6, 6.07) is 12.0. The number of urea groups is 1. The minimum Gasteiger partial charge on any atom is -0.386 e. The van der Waals surface area contributed by atoms with Gasteiger partial charge in [-0.15, -0.1) is 0 Å². The quantitative estimate of drug-likeness (QED) is 0.811. The van der Waals surface area contributed by atoms with E-state index >= 15 is 0 Å². The highest BCUT2D eigenvalue weighted by molar-refractivity contribution is 6.30. The molecule has 2 aromatic carbocycles. The molecule has 6 heteroatoms. The largest absolute Gasteiger partial charge is 0.386 e. The summed E-state index contributed by atoms with van der Waals surface area (Å²) < 4.78 is 13.4. The number of carbonyl (C=O) groups is 1. The lowest BCUT2D eigenvalue weighted by Crippen LogP contribution is -2.32. The van der Waals surface area contributed by atoms with Crippen molar-refractivity contribution in [2.45, 2.75) is 6.10 Å². The van der Waals surface area contributed by atoms with Crippen molar-refractivity contribution in [2.24, 2.45) is 0 Å². The predicted molar refractivity (Wildman–Crippen MR) is 79.8 cm³/mol. The molecule has 0 heterocycles. The molecule has 0 radical (unpaired) electrons. The zero-order valence-corrected chi connectivity index (χ0v) is 11.8. The van der Waals surface area contributed by atoms with Gasteiger partial charge in [-0.05, 0) is 30.3 Å². The van der Waals surface area contributed by atoms with Crippen LogP contribution < -0.4 is 10.6 Å². The number of hydrogen-bond donors (Lipinski definition) is 3. The monoisotopic (exact) mass is 308 g/mol. The summed E-state index contributed by atoms with van der Waals surface area (Å²) in [6.07, 6.45) is -1.11. The van der Waals surface area contributed by atoms with Crippen molar-refractivity contribution in [3.05, 3.63) is 64.9 Å². The summed E-state index contributed by atoms with van der Waals surface area (Å²) >= 11 is 5.74. The molecule has 0 spiro atoms. The molecule has 3 N–H and O–H groups in total. The van der Waals surface area contributed by atoms with Crippen molar-refractivity contribution in [1.82, 2.24) is 5.32 Å². The molecule has 0 aliphatic carbocycles. The zero-order chi connectivity index (χ0) is 15.2. The van der Waals surface area contributed by atoms with Crippen LogP contribution in [0.2, 0.25) is 5.02 Å². The third-order valence-corrected chi connectivity index (χ3v) is 3.07. The summed E-state index contributed by atoms with van der Waals surface area (Å²) in [6.45, 7) is -0.0969. The Balaban J connectivity index is 1.86. The van der Waals surface area contributed by atoms with Gasteiger partial charge in [0.25, 0.3) is 0 Å². The fourth-order valence-corrected chi connectivity index (χ4v) is 1.88. The van der Waals surface area contributed by atoms with Crippen LogP contribution in [0, 0.1) is 5.82 Å². The molecule has 21 heavy (non-hydrogen) atoms. The number of hydrogen-bond acceptors (Lipinski definition) is 2. The van der Waals surface area contributed by atoms with E-state index in [-0.39, 0.29) is 12.1 Å². The first kappa shape index (κ1) is 15.3. The first-order valence-corrected chi connectivity index (χ1v) is 6.67. The van der Waals surface area contributed by atoms with Crippen LogP contribution in [0.15, 0.2) is 48.5 Å². The molecular formula is C15H14ClFN2O2. The fourth-order valence-electron chi connectivity index (χ4n) is 1.75. The topological polar surface area (TPSA) is 61.4 Å². The van der Waals surface area contributed by atoms with Gasteiger partial charge in [-0.25, -0.2) is 9.18 Å². The Labute approximate surface area is 126 Å². The minimum absolute atomic E-state index is 0.0969. The molecule has 1 atom stereocenters. The summed E-state index contributed by atoms with van der Waals surface area (Å²) in [5, 5.41) is 15.5. The molecule has 4 nitrogen and oxygen atoms in total. The van der Waals surface area contributed by atoms with Crippen molar-refractivity contribution >= 4 is 23.3 Å². The van der Waals surface area contributed by atoms with Crippen LogP contribution in [0.4, 0.5) is 14.9 Å². The van der Waals surface area contributed by atoms with E-state index in [1.165, 1.54) is 18.2 Å². The summed E-state index contributed by atoms with van der Waals surface area (Å²) in [4.78, 5) is 11.7. The second-order valence-electron chi connectivity index (χ2n) is 4.38. The number of aliphatic hydroxyl groups is 1. The second-order valence-corrected chi connectivity index (χ2v) is 4.82. The van der Waals surface area contributed by atoms with E-state index in [2.05, 4.69) is 10.6 Å². The van der Waals surface area contributed by atoms with Crippen LogP contribution in [0.25, 0.3) is 0 Å². The number of aliphatic hydroxyl groups excluding tert-OH is 1. The van der Waals surface area contributed by atoms with Gasteiger partial charge in [-0.2, -0.15) is 0 Å². The molecule has 0 aliphatic rings.